The first-order valence-corrected chi connectivity index (χ1v) is 15.7. The van der Waals surface area contributed by atoms with Crippen molar-refractivity contribution in [3.05, 3.63) is 83.9 Å². The van der Waals surface area contributed by atoms with Crippen LogP contribution in [0, 0.1) is 0 Å². The molecule has 0 radical (unpaired) electrons. The van der Waals surface area contributed by atoms with Crippen molar-refractivity contribution < 1.29 is 45.4 Å². The lowest BCUT2D eigenvalue weighted by molar-refractivity contribution is -0.206. The van der Waals surface area contributed by atoms with E-state index in [2.05, 4.69) is 0 Å². The molecule has 0 aliphatic carbocycles. The zero-order valence-corrected chi connectivity index (χ0v) is 26.1. The maximum absolute atomic E-state index is 13.4. The van der Waals surface area contributed by atoms with Crippen LogP contribution in [-0.4, -0.2) is 36.5 Å². The molecule has 0 saturated carbocycles. The molecule has 0 N–H and O–H groups in total. The summed E-state index contributed by atoms with van der Waals surface area (Å²) >= 11 is 0. The van der Waals surface area contributed by atoms with E-state index in [0.717, 1.165) is 47.9 Å². The summed E-state index contributed by atoms with van der Waals surface area (Å²) in [7, 11) is 0. The highest BCUT2D eigenvalue weighted by atomic mass is 19.4. The molecule has 0 saturated heterocycles. The van der Waals surface area contributed by atoms with Crippen molar-refractivity contribution in [1.29, 1.82) is 0 Å². The molecule has 3 rings (SSSR count). The molecule has 4 nitrogen and oxygen atoms in total. The Kier molecular flexibility index (Phi) is 13.7. The minimum Gasteiger partial charge on any atom is -0.449 e. The quantitative estimate of drug-likeness (QED) is 0.0879. The molecule has 10 heteroatoms. The Morgan fingerprint density at radius 3 is 1.04 bits per heavy atom. The second-order valence-corrected chi connectivity index (χ2v) is 11.3. The van der Waals surface area contributed by atoms with Gasteiger partial charge in [0.1, 0.15) is 0 Å². The number of unbranched alkanes of at least 4 members (excludes halogenated alkanes) is 6. The van der Waals surface area contributed by atoms with Crippen LogP contribution in [0.1, 0.15) is 98.8 Å². The van der Waals surface area contributed by atoms with Crippen molar-refractivity contribution in [1.82, 2.24) is 0 Å². The van der Waals surface area contributed by atoms with Crippen molar-refractivity contribution in [2.45, 2.75) is 103 Å². The standard InChI is InChI=1S/C36H40F6O4/c1-3-5-7-9-11-31(35(37,38)39)45-33(43)29-21-17-27(18-22-29)25-13-15-26(16-14-25)28-19-23-30(24-20-28)34(44)46-32(36(40,41)42)12-10-8-6-4-2/h13-24,31-32H,3-12H2,1-2H3. The third kappa shape index (κ3) is 11.2. The fourth-order valence-corrected chi connectivity index (χ4v) is 4.94. The van der Waals surface area contributed by atoms with Gasteiger partial charge in [0.15, 0.2) is 12.2 Å². The van der Waals surface area contributed by atoms with Crippen LogP contribution < -0.4 is 0 Å². The Morgan fingerprint density at radius 1 is 0.500 bits per heavy atom. The highest BCUT2D eigenvalue weighted by molar-refractivity contribution is 5.91. The molecule has 0 aliphatic rings. The summed E-state index contributed by atoms with van der Waals surface area (Å²) in [4.78, 5) is 24.9. The van der Waals surface area contributed by atoms with Crippen LogP contribution in [0.2, 0.25) is 0 Å². The van der Waals surface area contributed by atoms with E-state index < -0.39 is 36.5 Å². The fourth-order valence-electron chi connectivity index (χ4n) is 4.94. The van der Waals surface area contributed by atoms with E-state index in [9.17, 15) is 35.9 Å². The Labute approximate surface area is 266 Å². The number of alkyl halides is 6. The largest absolute Gasteiger partial charge is 0.449 e. The van der Waals surface area contributed by atoms with Crippen molar-refractivity contribution in [3.8, 4) is 22.3 Å². The maximum Gasteiger partial charge on any atom is 0.425 e. The summed E-state index contributed by atoms with van der Waals surface area (Å²) in [5, 5.41) is 0. The van der Waals surface area contributed by atoms with E-state index in [1.807, 2.05) is 38.1 Å². The van der Waals surface area contributed by atoms with Gasteiger partial charge in [-0.1, -0.05) is 101 Å². The fraction of sp³-hybridized carbons (Fsp3) is 0.444. The topological polar surface area (TPSA) is 52.6 Å². The summed E-state index contributed by atoms with van der Waals surface area (Å²) in [5.41, 5.74) is 3.04. The smallest absolute Gasteiger partial charge is 0.425 e. The van der Waals surface area contributed by atoms with Crippen LogP contribution in [0.3, 0.4) is 0 Å². The molecular formula is C36H40F6O4. The van der Waals surface area contributed by atoms with Crippen LogP contribution >= 0.6 is 0 Å². The monoisotopic (exact) mass is 650 g/mol. The van der Waals surface area contributed by atoms with Crippen molar-refractivity contribution >= 4 is 11.9 Å². The predicted octanol–water partition coefficient (Wildman–Crippen LogP) is 11.1. The zero-order valence-electron chi connectivity index (χ0n) is 26.1. The van der Waals surface area contributed by atoms with E-state index in [4.69, 9.17) is 9.47 Å². The number of carbonyl (C=O) groups is 2. The van der Waals surface area contributed by atoms with Crippen molar-refractivity contribution in [3.63, 3.8) is 0 Å². The van der Waals surface area contributed by atoms with Gasteiger partial charge in [-0.25, -0.2) is 9.59 Å². The summed E-state index contributed by atoms with van der Waals surface area (Å²) < 4.78 is 90.1. The van der Waals surface area contributed by atoms with Crippen LogP contribution in [0.5, 0.6) is 0 Å². The summed E-state index contributed by atoms with van der Waals surface area (Å²) in [5.74, 6) is -2.07. The summed E-state index contributed by atoms with van der Waals surface area (Å²) in [6, 6.07) is 19.4. The van der Waals surface area contributed by atoms with Gasteiger partial charge in [0.05, 0.1) is 11.1 Å². The third-order valence-electron chi connectivity index (χ3n) is 7.66. The van der Waals surface area contributed by atoms with Crippen LogP contribution in [0.15, 0.2) is 72.8 Å². The lowest BCUT2D eigenvalue weighted by Gasteiger charge is -2.20. The van der Waals surface area contributed by atoms with Gasteiger partial charge in [-0.15, -0.1) is 0 Å². The van der Waals surface area contributed by atoms with Gasteiger partial charge >= 0.3 is 24.3 Å². The molecule has 2 atom stereocenters. The number of carbonyl (C=O) groups excluding carboxylic acids is 2. The molecule has 3 aromatic carbocycles. The van der Waals surface area contributed by atoms with Gasteiger partial charge in [-0.3, -0.25) is 0 Å². The van der Waals surface area contributed by atoms with Crippen LogP contribution in [-0.2, 0) is 9.47 Å². The number of benzene rings is 3. The first-order chi connectivity index (χ1) is 21.8. The Bertz CT molecular complexity index is 1260. The van der Waals surface area contributed by atoms with Gasteiger partial charge < -0.3 is 9.47 Å². The number of hydrogen-bond donors (Lipinski definition) is 0. The normalized spacial score (nSPS) is 13.2. The zero-order chi connectivity index (χ0) is 33.7. The highest BCUT2D eigenvalue weighted by Crippen LogP contribution is 2.31. The minimum atomic E-state index is -4.64. The Balaban J connectivity index is 1.61. The molecular weight excluding hydrogens is 610 g/mol. The minimum absolute atomic E-state index is 0.0137. The first-order valence-electron chi connectivity index (χ1n) is 15.7. The van der Waals surface area contributed by atoms with E-state index in [0.29, 0.717) is 25.7 Å². The first kappa shape index (κ1) is 36.6. The number of halogens is 6. The van der Waals surface area contributed by atoms with E-state index in [-0.39, 0.29) is 24.0 Å². The molecule has 0 fully saturated rings. The average Bonchev–Trinajstić information content (AvgIpc) is 3.03. The number of ether oxygens (including phenoxy) is 2. The van der Waals surface area contributed by atoms with Crippen LogP contribution in [0.25, 0.3) is 22.3 Å². The molecule has 0 aromatic heterocycles. The van der Waals surface area contributed by atoms with E-state index >= 15 is 0 Å². The summed E-state index contributed by atoms with van der Waals surface area (Å²) in [6.07, 6.45) is -8.82. The van der Waals surface area contributed by atoms with E-state index in [1.165, 1.54) is 24.3 Å². The second kappa shape index (κ2) is 17.2. The SMILES string of the molecule is CCCCCCC(OC(=O)c1ccc(-c2ccc(-c3ccc(C(=O)OC(CCCCCC)C(F)(F)F)cc3)cc2)cc1)C(F)(F)F. The number of esters is 2. The number of hydrogen-bond acceptors (Lipinski definition) is 4. The predicted molar refractivity (Wildman–Crippen MR) is 165 cm³/mol. The van der Waals surface area contributed by atoms with Crippen molar-refractivity contribution in [2.24, 2.45) is 0 Å². The third-order valence-corrected chi connectivity index (χ3v) is 7.66. The molecule has 0 aliphatic heterocycles. The molecule has 2 unspecified atom stereocenters. The van der Waals surface area contributed by atoms with Gasteiger partial charge in [0.25, 0.3) is 0 Å². The van der Waals surface area contributed by atoms with Crippen molar-refractivity contribution in [2.75, 3.05) is 0 Å². The van der Waals surface area contributed by atoms with Gasteiger partial charge in [-0.05, 0) is 72.2 Å². The molecule has 46 heavy (non-hydrogen) atoms. The molecule has 0 spiro atoms. The number of rotatable bonds is 16. The average molecular weight is 651 g/mol. The van der Waals surface area contributed by atoms with Crippen LogP contribution in [0.4, 0.5) is 26.3 Å². The van der Waals surface area contributed by atoms with Gasteiger partial charge in [0.2, 0.25) is 0 Å². The Morgan fingerprint density at radius 2 is 0.783 bits per heavy atom. The maximum atomic E-state index is 13.4. The molecule has 0 amide bonds. The Hall–Kier alpha value is -3.82. The van der Waals surface area contributed by atoms with E-state index in [1.54, 1.807) is 24.3 Å². The molecule has 0 bridgehead atoms. The lowest BCUT2D eigenvalue weighted by atomic mass is 9.99. The molecule has 0 heterocycles. The second-order valence-electron chi connectivity index (χ2n) is 11.3. The molecule has 250 valence electrons. The highest BCUT2D eigenvalue weighted by Gasteiger charge is 2.43. The molecule has 3 aromatic rings. The van der Waals surface area contributed by atoms with Gasteiger partial charge in [-0.2, -0.15) is 26.3 Å². The summed E-state index contributed by atoms with van der Waals surface area (Å²) in [6.45, 7) is 3.91. The lowest BCUT2D eigenvalue weighted by Crippen LogP contribution is -2.33. The van der Waals surface area contributed by atoms with Gasteiger partial charge in [0, 0.05) is 0 Å².